The van der Waals surface area contributed by atoms with E-state index in [0.29, 0.717) is 22.5 Å². The largest absolute Gasteiger partial charge is 0.337 e. The molecule has 0 fully saturated rings. The van der Waals surface area contributed by atoms with Gasteiger partial charge in [-0.3, -0.25) is 14.9 Å². The molecule has 1 heterocycles. The van der Waals surface area contributed by atoms with Crippen LogP contribution in [0.15, 0.2) is 53.1 Å². The van der Waals surface area contributed by atoms with Gasteiger partial charge in [0.1, 0.15) is 0 Å². The first-order valence-electron chi connectivity index (χ1n) is 8.56. The van der Waals surface area contributed by atoms with Crippen molar-refractivity contribution in [2.75, 3.05) is 12.8 Å². The van der Waals surface area contributed by atoms with Gasteiger partial charge in [-0.05, 0) is 29.8 Å². The van der Waals surface area contributed by atoms with Crippen molar-refractivity contribution in [1.82, 2.24) is 15.0 Å². The maximum atomic E-state index is 12.3. The fourth-order valence-corrected chi connectivity index (χ4v) is 3.46. The number of carbonyl (C=O) groups is 1. The van der Waals surface area contributed by atoms with Gasteiger partial charge in [-0.2, -0.15) is 4.98 Å². The number of amides is 1. The van der Waals surface area contributed by atoms with E-state index in [0.717, 1.165) is 11.1 Å². The van der Waals surface area contributed by atoms with E-state index in [9.17, 15) is 14.9 Å². The van der Waals surface area contributed by atoms with Crippen LogP contribution in [0.2, 0.25) is 5.02 Å². The van der Waals surface area contributed by atoms with E-state index in [4.69, 9.17) is 16.1 Å². The first kappa shape index (κ1) is 20.8. The Kier molecular flexibility index (Phi) is 6.84. The summed E-state index contributed by atoms with van der Waals surface area (Å²) in [5.41, 5.74) is 1.74. The molecule has 3 rings (SSSR count). The number of nitro groups is 1. The Balaban J connectivity index is 1.48. The molecule has 0 spiro atoms. The molecule has 29 heavy (non-hydrogen) atoms. The second kappa shape index (κ2) is 9.53. The Morgan fingerprint density at radius 3 is 2.55 bits per heavy atom. The van der Waals surface area contributed by atoms with Crippen molar-refractivity contribution < 1.29 is 14.2 Å². The molecule has 10 heteroatoms. The summed E-state index contributed by atoms with van der Waals surface area (Å²) in [5.74, 6) is 1.55. The van der Waals surface area contributed by atoms with Gasteiger partial charge < -0.3 is 9.42 Å². The van der Waals surface area contributed by atoms with Gasteiger partial charge >= 0.3 is 0 Å². The Bertz CT molecular complexity index is 992. The predicted molar refractivity (Wildman–Crippen MR) is 110 cm³/mol. The van der Waals surface area contributed by atoms with Crippen LogP contribution >= 0.6 is 23.4 Å². The zero-order valence-corrected chi connectivity index (χ0v) is 17.0. The number of hydrogen-bond donors (Lipinski definition) is 0. The summed E-state index contributed by atoms with van der Waals surface area (Å²) in [4.78, 5) is 28.4. The fraction of sp³-hybridized carbons (Fsp3) is 0.211. The number of nitrogens with zero attached hydrogens (tertiary/aromatic N) is 4. The molecule has 1 aromatic heterocycles. The smallest absolute Gasteiger partial charge is 0.269 e. The van der Waals surface area contributed by atoms with Crippen molar-refractivity contribution in [3.63, 3.8) is 0 Å². The molecule has 0 radical (unpaired) electrons. The van der Waals surface area contributed by atoms with E-state index in [1.165, 1.54) is 28.8 Å². The second-order valence-corrected chi connectivity index (χ2v) is 7.61. The fourth-order valence-electron chi connectivity index (χ4n) is 2.41. The lowest BCUT2D eigenvalue weighted by atomic mass is 10.2. The van der Waals surface area contributed by atoms with Crippen molar-refractivity contribution in [2.45, 2.75) is 12.3 Å². The van der Waals surface area contributed by atoms with E-state index in [2.05, 4.69) is 10.1 Å². The van der Waals surface area contributed by atoms with E-state index in [-0.39, 0.29) is 23.9 Å². The number of hydrogen-bond acceptors (Lipinski definition) is 7. The maximum Gasteiger partial charge on any atom is 0.269 e. The summed E-state index contributed by atoms with van der Waals surface area (Å²) in [5, 5.41) is 15.2. The normalized spacial score (nSPS) is 10.7. The van der Waals surface area contributed by atoms with Crippen LogP contribution in [0.5, 0.6) is 0 Å². The molecule has 0 saturated heterocycles. The molecule has 0 bridgehead atoms. The molecule has 2 aromatic carbocycles. The number of halogens is 1. The van der Waals surface area contributed by atoms with Gasteiger partial charge in [0.2, 0.25) is 17.6 Å². The highest BCUT2D eigenvalue weighted by atomic mass is 35.5. The van der Waals surface area contributed by atoms with Gasteiger partial charge in [-0.25, -0.2) is 0 Å². The number of non-ortho nitro benzene ring substituents is 1. The third kappa shape index (κ3) is 5.78. The van der Waals surface area contributed by atoms with Gasteiger partial charge in [0.25, 0.3) is 5.69 Å². The maximum absolute atomic E-state index is 12.3. The van der Waals surface area contributed by atoms with Crippen LogP contribution in [-0.4, -0.2) is 38.7 Å². The molecule has 8 nitrogen and oxygen atoms in total. The van der Waals surface area contributed by atoms with Crippen LogP contribution in [0.25, 0.3) is 11.4 Å². The van der Waals surface area contributed by atoms with Gasteiger partial charge in [-0.15, -0.1) is 11.8 Å². The first-order chi connectivity index (χ1) is 13.9. The van der Waals surface area contributed by atoms with Crippen LogP contribution in [0.4, 0.5) is 5.69 Å². The van der Waals surface area contributed by atoms with Crippen molar-refractivity contribution >= 4 is 35.0 Å². The molecule has 0 aliphatic carbocycles. The molecule has 0 aliphatic rings. The quantitative estimate of drug-likeness (QED) is 0.388. The molecular formula is C19H17ClN4O4S. The van der Waals surface area contributed by atoms with Crippen LogP contribution in [-0.2, 0) is 17.1 Å². The SMILES string of the molecule is CN(Cc1nc(-c2ccc(Cl)cc2)no1)C(=O)CSCc1ccc([N+](=O)[O-])cc1. The second-order valence-electron chi connectivity index (χ2n) is 6.18. The monoisotopic (exact) mass is 432 g/mol. The predicted octanol–water partition coefficient (Wildman–Crippen LogP) is 4.19. The summed E-state index contributed by atoms with van der Waals surface area (Å²) in [6.07, 6.45) is 0. The number of rotatable bonds is 8. The minimum atomic E-state index is -0.439. The van der Waals surface area contributed by atoms with Crippen molar-refractivity contribution in [1.29, 1.82) is 0 Å². The summed E-state index contributed by atoms with van der Waals surface area (Å²) in [7, 11) is 1.67. The van der Waals surface area contributed by atoms with E-state index >= 15 is 0 Å². The number of aromatic nitrogens is 2. The summed E-state index contributed by atoms with van der Waals surface area (Å²) >= 11 is 7.30. The first-order valence-corrected chi connectivity index (χ1v) is 10.1. The lowest BCUT2D eigenvalue weighted by Gasteiger charge is -2.14. The molecule has 1 amide bonds. The number of benzene rings is 2. The van der Waals surface area contributed by atoms with Crippen LogP contribution in [0.3, 0.4) is 0 Å². The lowest BCUT2D eigenvalue weighted by Crippen LogP contribution is -2.28. The number of nitro benzene ring substituents is 1. The summed E-state index contributed by atoms with van der Waals surface area (Å²) in [6.45, 7) is 0.206. The standard InChI is InChI=1S/C19H17ClN4O4S/c1-23(10-17-21-19(22-28-17)14-4-6-15(20)7-5-14)18(25)12-29-11-13-2-8-16(9-3-13)24(26)27/h2-9H,10-12H2,1H3. The number of thioether (sulfide) groups is 1. The zero-order valence-electron chi connectivity index (χ0n) is 15.4. The van der Waals surface area contributed by atoms with Gasteiger partial charge in [0.05, 0.1) is 17.2 Å². The Morgan fingerprint density at radius 2 is 1.90 bits per heavy atom. The average Bonchev–Trinajstić information content (AvgIpc) is 3.17. The van der Waals surface area contributed by atoms with Crippen LogP contribution < -0.4 is 0 Å². The van der Waals surface area contributed by atoms with Gasteiger partial charge in [0.15, 0.2) is 0 Å². The number of carbonyl (C=O) groups excluding carboxylic acids is 1. The minimum Gasteiger partial charge on any atom is -0.337 e. The highest BCUT2D eigenvalue weighted by Gasteiger charge is 2.15. The third-order valence-electron chi connectivity index (χ3n) is 4.01. The highest BCUT2D eigenvalue weighted by Crippen LogP contribution is 2.20. The molecule has 0 saturated carbocycles. The lowest BCUT2D eigenvalue weighted by molar-refractivity contribution is -0.384. The van der Waals surface area contributed by atoms with E-state index in [1.54, 1.807) is 43.4 Å². The van der Waals surface area contributed by atoms with Crippen LogP contribution in [0, 0.1) is 10.1 Å². The van der Waals surface area contributed by atoms with Crippen LogP contribution in [0.1, 0.15) is 11.5 Å². The van der Waals surface area contributed by atoms with E-state index in [1.807, 2.05) is 0 Å². The summed E-state index contributed by atoms with van der Waals surface area (Å²) < 4.78 is 5.22. The molecule has 0 N–H and O–H groups in total. The Hall–Kier alpha value is -2.91. The van der Waals surface area contributed by atoms with Gasteiger partial charge in [-0.1, -0.05) is 28.9 Å². The van der Waals surface area contributed by atoms with Gasteiger partial charge in [0, 0.05) is 35.5 Å². The minimum absolute atomic E-state index is 0.0482. The van der Waals surface area contributed by atoms with Crippen molar-refractivity contribution in [3.05, 3.63) is 75.1 Å². The Morgan fingerprint density at radius 1 is 1.21 bits per heavy atom. The summed E-state index contributed by atoms with van der Waals surface area (Å²) in [6, 6.07) is 13.4. The zero-order chi connectivity index (χ0) is 20.8. The topological polar surface area (TPSA) is 102 Å². The molecule has 0 aliphatic heterocycles. The third-order valence-corrected chi connectivity index (χ3v) is 5.25. The van der Waals surface area contributed by atoms with Crippen molar-refractivity contribution in [3.8, 4) is 11.4 Å². The Labute approximate surface area is 176 Å². The molecule has 0 unspecified atom stereocenters. The van der Waals surface area contributed by atoms with E-state index < -0.39 is 4.92 Å². The molecule has 150 valence electrons. The molecule has 0 atom stereocenters. The van der Waals surface area contributed by atoms with Crippen molar-refractivity contribution in [2.24, 2.45) is 0 Å². The molecule has 3 aromatic rings. The molecular weight excluding hydrogens is 416 g/mol. The average molecular weight is 433 g/mol. The highest BCUT2D eigenvalue weighted by molar-refractivity contribution is 7.99.